The molecule has 0 spiro atoms. The second-order valence-electron chi connectivity index (χ2n) is 4.36. The van der Waals surface area contributed by atoms with E-state index in [1.54, 1.807) is 30.3 Å². The first-order chi connectivity index (χ1) is 9.43. The van der Waals surface area contributed by atoms with Crippen LogP contribution >= 0.6 is 0 Å². The number of rotatable bonds is 5. The lowest BCUT2D eigenvalue weighted by molar-refractivity contribution is 0.105. The molecule has 0 fully saturated rings. The van der Waals surface area contributed by atoms with Gasteiger partial charge in [0.05, 0.1) is 18.4 Å². The van der Waals surface area contributed by atoms with E-state index in [-0.39, 0.29) is 17.1 Å². The zero-order valence-electron chi connectivity index (χ0n) is 10.5. The minimum absolute atomic E-state index is 0.0304. The Labute approximate surface area is 116 Å². The lowest BCUT2D eigenvalue weighted by atomic mass is 10.1. The molecule has 2 aromatic carbocycles. The smallest absolute Gasteiger partial charge is 0.297 e. The molecule has 4 N–H and O–H groups in total. The van der Waals surface area contributed by atoms with Crippen molar-refractivity contribution in [3.05, 3.63) is 36.4 Å². The minimum Gasteiger partial charge on any atom is -0.394 e. The molecule has 0 radical (unpaired) electrons. The molecule has 108 valence electrons. The molecule has 0 aliphatic rings. The van der Waals surface area contributed by atoms with Crippen LogP contribution in [0.4, 0.5) is 5.69 Å². The van der Waals surface area contributed by atoms with Gasteiger partial charge in [0.15, 0.2) is 0 Å². The number of anilines is 1. The highest BCUT2D eigenvalue weighted by Crippen LogP contribution is 2.30. The standard InChI is InChI=1S/C13H15NO5S/c15-8-10(16)7-14-12-6-5-9-3-1-2-4-11(9)13(12)20(17,18)19/h1-6,10,14-16H,7-8H2,(H,17,18,19). The number of fused-ring (bicyclic) bond motifs is 1. The average molecular weight is 297 g/mol. The van der Waals surface area contributed by atoms with Crippen LogP contribution in [0.5, 0.6) is 0 Å². The SMILES string of the molecule is O=S(=O)(O)c1c(NCC(O)CO)ccc2ccccc12. The molecule has 1 atom stereocenters. The molecule has 7 heteroatoms. The van der Waals surface area contributed by atoms with Crippen molar-refractivity contribution in [2.24, 2.45) is 0 Å². The molecule has 0 bridgehead atoms. The van der Waals surface area contributed by atoms with Crippen LogP contribution in [0, 0.1) is 0 Å². The molecule has 0 aromatic heterocycles. The molecule has 0 amide bonds. The molecule has 20 heavy (non-hydrogen) atoms. The Kier molecular flexibility index (Phi) is 4.24. The Morgan fingerprint density at radius 2 is 1.85 bits per heavy atom. The summed E-state index contributed by atoms with van der Waals surface area (Å²) in [6, 6.07) is 9.97. The zero-order valence-corrected chi connectivity index (χ0v) is 11.3. The van der Waals surface area contributed by atoms with Gasteiger partial charge in [-0.15, -0.1) is 0 Å². The van der Waals surface area contributed by atoms with Crippen LogP contribution in [0.2, 0.25) is 0 Å². The summed E-state index contributed by atoms with van der Waals surface area (Å²) in [5, 5.41) is 21.8. The van der Waals surface area contributed by atoms with Crippen LogP contribution in [-0.4, -0.2) is 42.4 Å². The molecule has 6 nitrogen and oxygen atoms in total. The van der Waals surface area contributed by atoms with Gasteiger partial charge in [-0.25, -0.2) is 0 Å². The fourth-order valence-corrected chi connectivity index (χ4v) is 2.83. The van der Waals surface area contributed by atoms with Crippen LogP contribution in [0.15, 0.2) is 41.3 Å². The Bertz CT molecular complexity index is 714. The van der Waals surface area contributed by atoms with E-state index in [1.807, 2.05) is 0 Å². The molecule has 2 rings (SSSR count). The summed E-state index contributed by atoms with van der Waals surface area (Å²) >= 11 is 0. The Morgan fingerprint density at radius 1 is 1.15 bits per heavy atom. The highest BCUT2D eigenvalue weighted by molar-refractivity contribution is 7.86. The normalized spacial score (nSPS) is 13.3. The average Bonchev–Trinajstić information content (AvgIpc) is 2.42. The number of nitrogens with one attached hydrogen (secondary N) is 1. The van der Waals surface area contributed by atoms with E-state index in [9.17, 15) is 18.1 Å². The van der Waals surface area contributed by atoms with Gasteiger partial charge in [0.1, 0.15) is 4.90 Å². The van der Waals surface area contributed by atoms with Gasteiger partial charge >= 0.3 is 0 Å². The number of aliphatic hydroxyl groups excluding tert-OH is 2. The van der Waals surface area contributed by atoms with Crippen LogP contribution in [0.3, 0.4) is 0 Å². The van der Waals surface area contributed by atoms with Gasteiger partial charge in [-0.05, 0) is 11.5 Å². The molecular weight excluding hydrogens is 282 g/mol. The van der Waals surface area contributed by atoms with Gasteiger partial charge in [0, 0.05) is 11.9 Å². The van der Waals surface area contributed by atoms with Crippen molar-refractivity contribution in [2.45, 2.75) is 11.0 Å². The second kappa shape index (κ2) is 5.76. The van der Waals surface area contributed by atoms with Gasteiger partial charge in [-0.2, -0.15) is 8.42 Å². The first-order valence-corrected chi connectivity index (χ1v) is 7.39. The van der Waals surface area contributed by atoms with Crippen molar-refractivity contribution in [3.63, 3.8) is 0 Å². The maximum Gasteiger partial charge on any atom is 0.297 e. The van der Waals surface area contributed by atoms with E-state index < -0.39 is 22.8 Å². The summed E-state index contributed by atoms with van der Waals surface area (Å²) in [5.74, 6) is 0. The molecule has 2 aromatic rings. The highest BCUT2D eigenvalue weighted by atomic mass is 32.2. The van der Waals surface area contributed by atoms with Crippen molar-refractivity contribution in [2.75, 3.05) is 18.5 Å². The van der Waals surface area contributed by atoms with E-state index in [2.05, 4.69) is 5.32 Å². The summed E-state index contributed by atoms with van der Waals surface area (Å²) in [5.41, 5.74) is 0.179. The van der Waals surface area contributed by atoms with Crippen molar-refractivity contribution >= 4 is 26.6 Å². The Hall–Kier alpha value is -1.67. The van der Waals surface area contributed by atoms with Gasteiger partial charge < -0.3 is 15.5 Å². The third-order valence-corrected chi connectivity index (χ3v) is 3.83. The summed E-state index contributed by atoms with van der Waals surface area (Å²) in [6.07, 6.45) is -1.02. The zero-order chi connectivity index (χ0) is 14.8. The van der Waals surface area contributed by atoms with Gasteiger partial charge in [0.25, 0.3) is 10.1 Å². The summed E-state index contributed by atoms with van der Waals surface area (Å²) in [7, 11) is -4.42. The van der Waals surface area contributed by atoms with Gasteiger partial charge in [-0.1, -0.05) is 30.3 Å². The monoisotopic (exact) mass is 297 g/mol. The maximum absolute atomic E-state index is 11.6. The van der Waals surface area contributed by atoms with Crippen molar-refractivity contribution in [3.8, 4) is 0 Å². The summed E-state index contributed by atoms with van der Waals surface area (Å²) < 4.78 is 32.6. The van der Waals surface area contributed by atoms with Crippen LogP contribution in [0.1, 0.15) is 0 Å². The first-order valence-electron chi connectivity index (χ1n) is 5.95. The summed E-state index contributed by atoms with van der Waals surface area (Å²) in [4.78, 5) is -0.235. The third-order valence-electron chi connectivity index (χ3n) is 2.88. The number of hydrogen-bond acceptors (Lipinski definition) is 5. The minimum atomic E-state index is -4.42. The third kappa shape index (κ3) is 3.07. The summed E-state index contributed by atoms with van der Waals surface area (Å²) in [6.45, 7) is -0.473. The lowest BCUT2D eigenvalue weighted by Crippen LogP contribution is -2.23. The van der Waals surface area contributed by atoms with E-state index in [4.69, 9.17) is 5.11 Å². The highest BCUT2D eigenvalue weighted by Gasteiger charge is 2.19. The molecule has 0 saturated carbocycles. The molecule has 0 aliphatic heterocycles. The maximum atomic E-state index is 11.6. The van der Waals surface area contributed by atoms with Crippen LogP contribution in [0.25, 0.3) is 10.8 Å². The first kappa shape index (κ1) is 14.7. The largest absolute Gasteiger partial charge is 0.394 e. The Balaban J connectivity index is 2.54. The Morgan fingerprint density at radius 3 is 2.50 bits per heavy atom. The fourth-order valence-electron chi connectivity index (χ4n) is 1.95. The number of hydrogen-bond donors (Lipinski definition) is 4. The van der Waals surface area contributed by atoms with Crippen molar-refractivity contribution < 1.29 is 23.2 Å². The van der Waals surface area contributed by atoms with E-state index >= 15 is 0 Å². The predicted molar refractivity (Wildman–Crippen MR) is 75.3 cm³/mol. The lowest BCUT2D eigenvalue weighted by Gasteiger charge is -2.14. The number of aliphatic hydroxyl groups is 2. The van der Waals surface area contributed by atoms with Crippen molar-refractivity contribution in [1.29, 1.82) is 0 Å². The van der Waals surface area contributed by atoms with E-state index in [1.165, 1.54) is 6.07 Å². The molecule has 1 unspecified atom stereocenters. The fraction of sp³-hybridized carbons (Fsp3) is 0.231. The molecule has 0 heterocycles. The quantitative estimate of drug-likeness (QED) is 0.610. The topological polar surface area (TPSA) is 107 Å². The second-order valence-corrected chi connectivity index (χ2v) is 5.71. The van der Waals surface area contributed by atoms with Gasteiger partial charge in [0.2, 0.25) is 0 Å². The van der Waals surface area contributed by atoms with E-state index in [0.29, 0.717) is 10.8 Å². The van der Waals surface area contributed by atoms with Crippen LogP contribution < -0.4 is 5.32 Å². The van der Waals surface area contributed by atoms with E-state index in [0.717, 1.165) is 0 Å². The van der Waals surface area contributed by atoms with Crippen LogP contribution in [-0.2, 0) is 10.1 Å². The number of benzene rings is 2. The van der Waals surface area contributed by atoms with Crippen molar-refractivity contribution in [1.82, 2.24) is 0 Å². The predicted octanol–water partition coefficient (Wildman–Crippen LogP) is 0.852. The molecule has 0 saturated heterocycles. The molecular formula is C13H15NO5S. The van der Waals surface area contributed by atoms with Gasteiger partial charge in [-0.3, -0.25) is 4.55 Å². The molecule has 0 aliphatic carbocycles.